The minimum Gasteiger partial charge on any atom is -0.305 e. The van der Waals surface area contributed by atoms with Crippen LogP contribution in [0.2, 0.25) is 0 Å². The first-order valence-corrected chi connectivity index (χ1v) is 16.8. The Balaban J connectivity index is 0.000000220. The third kappa shape index (κ3) is 6.85. The minimum atomic E-state index is -2.28. The number of benzene rings is 6. The molecule has 0 heterocycles. The maximum absolute atomic E-state index is 9.25. The van der Waals surface area contributed by atoms with E-state index in [1.54, 1.807) is 0 Å². The van der Waals surface area contributed by atoms with E-state index in [1.165, 1.54) is 0 Å². The van der Waals surface area contributed by atoms with Gasteiger partial charge in [0.2, 0.25) is 0 Å². The van der Waals surface area contributed by atoms with Gasteiger partial charge in [-0.05, 0) is 31.8 Å². The average Bonchev–Trinajstić information content (AvgIpc) is 3.07. The van der Waals surface area contributed by atoms with Crippen LogP contribution in [0.4, 0.5) is 0 Å². The van der Waals surface area contributed by atoms with E-state index >= 15 is 0 Å². The lowest BCUT2D eigenvalue weighted by molar-refractivity contribution is 1.59. The fourth-order valence-electron chi connectivity index (χ4n) is 4.80. The molecule has 0 amide bonds. The van der Waals surface area contributed by atoms with E-state index in [0.29, 0.717) is 0 Å². The summed E-state index contributed by atoms with van der Waals surface area (Å²) in [7, 11) is -4.55. The molecule has 0 unspecified atom stereocenters. The van der Waals surface area contributed by atoms with E-state index in [2.05, 4.69) is 72.8 Å². The van der Waals surface area contributed by atoms with Crippen molar-refractivity contribution in [3.63, 3.8) is 0 Å². The molecule has 0 radical (unpaired) electrons. The van der Waals surface area contributed by atoms with Crippen LogP contribution in [-0.2, 0) is 0 Å². The van der Waals surface area contributed by atoms with Crippen molar-refractivity contribution in [3.8, 4) is 0 Å². The molecule has 42 heavy (non-hydrogen) atoms. The van der Waals surface area contributed by atoms with E-state index in [0.717, 1.165) is 31.8 Å². The predicted octanol–water partition coefficient (Wildman–Crippen LogP) is 5.12. The molecule has 2 nitrogen and oxygen atoms in total. The zero-order chi connectivity index (χ0) is 27.7. The standard InChI is InChI=1S/2C18H16NP.2BH3/c2*19-20(16-10-4-1-5-11-16,17-12-6-2-7-13-17)18-14-8-3-9-15-18;;/h2*1-15,19H;2*1H3. The smallest absolute Gasteiger partial charge is 0.0814 e. The Morgan fingerprint density at radius 2 is 0.357 bits per heavy atom. The Morgan fingerprint density at radius 1 is 0.238 bits per heavy atom. The van der Waals surface area contributed by atoms with Gasteiger partial charge in [0.05, 0.1) is 30.9 Å². The van der Waals surface area contributed by atoms with Crippen LogP contribution in [-0.4, -0.2) is 16.8 Å². The molecule has 0 saturated carbocycles. The van der Waals surface area contributed by atoms with Gasteiger partial charge >= 0.3 is 0 Å². The SMILES string of the molecule is B.B.N=P(c1ccccc1)(c1ccccc1)c1ccccc1.N=P(c1ccccc1)(c1ccccc1)c1ccccc1. The van der Waals surface area contributed by atoms with E-state index in [4.69, 9.17) is 0 Å². The number of hydrogen-bond acceptors (Lipinski definition) is 2. The number of rotatable bonds is 6. The molecule has 6 rings (SSSR count). The lowest BCUT2D eigenvalue weighted by Gasteiger charge is -2.24. The lowest BCUT2D eigenvalue weighted by Crippen LogP contribution is -2.24. The molecule has 0 fully saturated rings. The van der Waals surface area contributed by atoms with Crippen LogP contribution in [0.25, 0.3) is 0 Å². The Bertz CT molecular complexity index is 1380. The summed E-state index contributed by atoms with van der Waals surface area (Å²) < 4.78 is 0. The fourth-order valence-corrected chi connectivity index (χ4v) is 10.3. The molecule has 0 bridgehead atoms. The van der Waals surface area contributed by atoms with Crippen LogP contribution in [0, 0.1) is 10.3 Å². The van der Waals surface area contributed by atoms with Crippen molar-refractivity contribution in [1.82, 2.24) is 0 Å². The first-order chi connectivity index (χ1) is 19.6. The third-order valence-electron chi connectivity index (χ3n) is 6.86. The first-order valence-electron chi connectivity index (χ1n) is 13.3. The summed E-state index contributed by atoms with van der Waals surface area (Å²) in [5.74, 6) is 0. The van der Waals surface area contributed by atoms with Crippen molar-refractivity contribution in [2.24, 2.45) is 0 Å². The largest absolute Gasteiger partial charge is 0.305 e. The molecule has 0 aliphatic rings. The number of hydrogen-bond donors (Lipinski definition) is 2. The van der Waals surface area contributed by atoms with Crippen LogP contribution in [0.15, 0.2) is 182 Å². The molecule has 0 saturated heterocycles. The highest BCUT2D eigenvalue weighted by molar-refractivity contribution is 7.86. The monoisotopic (exact) mass is 582 g/mol. The quantitative estimate of drug-likeness (QED) is 0.203. The van der Waals surface area contributed by atoms with Gasteiger partial charge in [-0.15, -0.1) is 0 Å². The molecule has 0 atom stereocenters. The highest BCUT2D eigenvalue weighted by atomic mass is 31.2. The first kappa shape index (κ1) is 32.4. The predicted molar refractivity (Wildman–Crippen MR) is 196 cm³/mol. The van der Waals surface area contributed by atoms with Gasteiger partial charge in [0.25, 0.3) is 0 Å². The Hall–Kier alpha value is -4.09. The summed E-state index contributed by atoms with van der Waals surface area (Å²) in [5, 5.41) is 25.1. The fraction of sp³-hybridized carbons (Fsp3) is 0. The molecule has 0 aliphatic carbocycles. The maximum Gasteiger partial charge on any atom is 0.0814 e. The van der Waals surface area contributed by atoms with Gasteiger partial charge in [0.15, 0.2) is 0 Å². The molecule has 6 aromatic carbocycles. The second kappa shape index (κ2) is 15.2. The molecule has 6 aromatic rings. The Kier molecular flexibility index (Phi) is 11.8. The summed E-state index contributed by atoms with van der Waals surface area (Å²) in [6.45, 7) is 0. The van der Waals surface area contributed by atoms with Crippen molar-refractivity contribution in [3.05, 3.63) is 182 Å². The van der Waals surface area contributed by atoms with Gasteiger partial charge < -0.3 is 10.3 Å². The number of nitrogens with one attached hydrogen (secondary N) is 2. The van der Waals surface area contributed by atoms with Gasteiger partial charge in [-0.25, -0.2) is 0 Å². The lowest BCUT2D eigenvalue weighted by atomic mass is 10.4. The van der Waals surface area contributed by atoms with Gasteiger partial charge in [-0.3, -0.25) is 0 Å². The van der Waals surface area contributed by atoms with Crippen molar-refractivity contribution in [2.75, 3.05) is 0 Å². The third-order valence-corrected chi connectivity index (χ3v) is 13.3. The van der Waals surface area contributed by atoms with E-state index < -0.39 is 14.1 Å². The molecule has 0 aliphatic heterocycles. The second-order valence-electron chi connectivity index (χ2n) is 9.35. The molecular weight excluding hydrogens is 544 g/mol. The van der Waals surface area contributed by atoms with Crippen LogP contribution in [0.5, 0.6) is 0 Å². The molecule has 208 valence electrons. The molecule has 2 N–H and O–H groups in total. The van der Waals surface area contributed by atoms with E-state index in [9.17, 15) is 10.3 Å². The molecule has 0 spiro atoms. The maximum atomic E-state index is 9.25. The van der Waals surface area contributed by atoms with Crippen LogP contribution >= 0.6 is 14.1 Å². The van der Waals surface area contributed by atoms with Crippen molar-refractivity contribution in [1.29, 1.82) is 10.3 Å². The van der Waals surface area contributed by atoms with Gasteiger partial charge in [0, 0.05) is 0 Å². The van der Waals surface area contributed by atoms with Crippen LogP contribution in [0.3, 0.4) is 0 Å². The summed E-state index contributed by atoms with van der Waals surface area (Å²) in [6, 6.07) is 61.1. The van der Waals surface area contributed by atoms with Gasteiger partial charge in [0.1, 0.15) is 0 Å². The zero-order valence-electron chi connectivity index (χ0n) is 22.2. The van der Waals surface area contributed by atoms with Crippen molar-refractivity contribution >= 4 is 62.8 Å². The van der Waals surface area contributed by atoms with Gasteiger partial charge in [-0.1, -0.05) is 182 Å². The zero-order valence-corrected chi connectivity index (χ0v) is 24.0. The van der Waals surface area contributed by atoms with E-state index in [-0.39, 0.29) is 16.8 Å². The van der Waals surface area contributed by atoms with Crippen molar-refractivity contribution < 1.29 is 0 Å². The topological polar surface area (TPSA) is 47.7 Å². The normalized spacial score (nSPS) is 10.7. The Labute approximate surface area is 254 Å². The summed E-state index contributed by atoms with van der Waals surface area (Å²) in [6.07, 6.45) is 0. The average molecular weight is 582 g/mol. The highest BCUT2D eigenvalue weighted by Gasteiger charge is 2.25. The Morgan fingerprint density at radius 3 is 0.476 bits per heavy atom. The second-order valence-corrected chi connectivity index (χ2v) is 15.1. The molecule has 6 heteroatoms. The molecular formula is C36H38B2N2P2. The van der Waals surface area contributed by atoms with Crippen LogP contribution < -0.4 is 31.8 Å². The summed E-state index contributed by atoms with van der Waals surface area (Å²) in [5.41, 5.74) is 0. The summed E-state index contributed by atoms with van der Waals surface area (Å²) in [4.78, 5) is 0. The van der Waals surface area contributed by atoms with E-state index in [1.807, 2.05) is 109 Å². The minimum absolute atomic E-state index is 0. The van der Waals surface area contributed by atoms with Gasteiger partial charge in [-0.2, -0.15) is 0 Å². The highest BCUT2D eigenvalue weighted by Crippen LogP contribution is 2.43. The summed E-state index contributed by atoms with van der Waals surface area (Å²) >= 11 is 0. The van der Waals surface area contributed by atoms with Crippen molar-refractivity contribution in [2.45, 2.75) is 0 Å². The molecule has 0 aromatic heterocycles. The van der Waals surface area contributed by atoms with Crippen LogP contribution in [0.1, 0.15) is 0 Å².